The minimum Gasteiger partial charge on any atom is -0.456 e. The summed E-state index contributed by atoms with van der Waals surface area (Å²) in [4.78, 5) is 41.9. The van der Waals surface area contributed by atoms with Gasteiger partial charge in [-0.25, -0.2) is 4.98 Å². The van der Waals surface area contributed by atoms with Crippen molar-refractivity contribution < 1.29 is 23.8 Å². The van der Waals surface area contributed by atoms with Crippen LogP contribution in [0.2, 0.25) is 0 Å². The number of carbonyl (C=O) groups is 2. The average molecular weight is 459 g/mol. The minimum atomic E-state index is -0.697. The lowest BCUT2D eigenvalue weighted by molar-refractivity contribution is -0.143. The molecule has 9 nitrogen and oxygen atoms in total. The lowest BCUT2D eigenvalue weighted by Crippen LogP contribution is -2.26. The van der Waals surface area contributed by atoms with Crippen LogP contribution in [0.4, 0.5) is 0 Å². The fourth-order valence-corrected chi connectivity index (χ4v) is 4.09. The topological polar surface area (TPSA) is 102 Å². The number of hydrogen-bond acceptors (Lipinski definition) is 7. The smallest absolute Gasteiger partial charge is 0.326 e. The Morgan fingerprint density at radius 3 is 2.71 bits per heavy atom. The van der Waals surface area contributed by atoms with E-state index in [1.165, 1.54) is 10.9 Å². The van der Waals surface area contributed by atoms with Crippen molar-refractivity contribution in [2.75, 3.05) is 13.4 Å². The number of benzene rings is 2. The van der Waals surface area contributed by atoms with E-state index in [4.69, 9.17) is 14.2 Å². The number of Topliss-reactive ketones (excluding diaryl/α,β-unsaturated/α-hetero) is 1. The standard InChI is InChI=1S/C25H21N3O6/c1-15-9-19(16(2)28(15)17-7-8-22-23(10-17)34-14-33-22)21(29)12-32-24(30)11-27-13-26-20-6-4-3-5-18(20)25(27)31/h3-10,13H,11-12,14H2,1-2H3. The Labute approximate surface area is 194 Å². The quantitative estimate of drug-likeness (QED) is 0.323. The van der Waals surface area contributed by atoms with Gasteiger partial charge in [0.25, 0.3) is 5.56 Å². The fraction of sp³-hybridized carbons (Fsp3) is 0.200. The Balaban J connectivity index is 1.29. The summed E-state index contributed by atoms with van der Waals surface area (Å²) in [5, 5.41) is 0.407. The van der Waals surface area contributed by atoms with Crippen LogP contribution in [0, 0.1) is 13.8 Å². The third-order valence-corrected chi connectivity index (χ3v) is 5.74. The maximum atomic E-state index is 12.8. The van der Waals surface area contributed by atoms with Crippen LogP contribution in [-0.4, -0.2) is 39.3 Å². The molecule has 2 aromatic heterocycles. The molecule has 9 heteroatoms. The summed E-state index contributed by atoms with van der Waals surface area (Å²) in [6.07, 6.45) is 1.30. The lowest BCUT2D eigenvalue weighted by Gasteiger charge is -2.11. The molecule has 3 heterocycles. The number of nitrogens with zero attached hydrogens (tertiary/aromatic N) is 3. The molecule has 172 valence electrons. The summed E-state index contributed by atoms with van der Waals surface area (Å²) in [7, 11) is 0. The van der Waals surface area contributed by atoms with E-state index in [1.807, 2.05) is 36.6 Å². The van der Waals surface area contributed by atoms with Gasteiger partial charge in [-0.2, -0.15) is 0 Å². The van der Waals surface area contributed by atoms with E-state index in [2.05, 4.69) is 4.98 Å². The lowest BCUT2D eigenvalue weighted by atomic mass is 10.1. The van der Waals surface area contributed by atoms with Crippen molar-refractivity contribution in [2.24, 2.45) is 0 Å². The first kappa shape index (κ1) is 21.4. The molecule has 34 heavy (non-hydrogen) atoms. The second kappa shape index (κ2) is 8.51. The number of para-hydroxylation sites is 1. The Kier molecular flexibility index (Phi) is 5.37. The van der Waals surface area contributed by atoms with Gasteiger partial charge in [-0.3, -0.25) is 19.0 Å². The highest BCUT2D eigenvalue weighted by Gasteiger charge is 2.20. The van der Waals surface area contributed by atoms with Crippen LogP contribution < -0.4 is 15.0 Å². The SMILES string of the molecule is Cc1cc(C(=O)COC(=O)Cn2cnc3ccccc3c2=O)c(C)n1-c1ccc2c(c1)OCO2. The number of esters is 1. The molecule has 0 amide bonds. The Hall–Kier alpha value is -4.40. The molecular weight excluding hydrogens is 438 g/mol. The second-order valence-electron chi connectivity index (χ2n) is 7.94. The molecule has 0 saturated heterocycles. The summed E-state index contributed by atoms with van der Waals surface area (Å²) in [5.74, 6) is 0.287. The van der Waals surface area contributed by atoms with Gasteiger partial charge < -0.3 is 18.8 Å². The van der Waals surface area contributed by atoms with Crippen LogP contribution in [0.1, 0.15) is 21.7 Å². The highest BCUT2D eigenvalue weighted by Crippen LogP contribution is 2.34. The van der Waals surface area contributed by atoms with Crippen molar-refractivity contribution in [2.45, 2.75) is 20.4 Å². The van der Waals surface area contributed by atoms with E-state index >= 15 is 0 Å². The molecule has 0 fully saturated rings. The third kappa shape index (κ3) is 3.81. The minimum absolute atomic E-state index is 0.179. The molecule has 2 aromatic carbocycles. The molecule has 0 atom stereocenters. The number of aromatic nitrogens is 3. The van der Waals surface area contributed by atoms with Gasteiger partial charge in [0.1, 0.15) is 6.54 Å². The zero-order chi connectivity index (χ0) is 23.8. The molecular formula is C25H21N3O6. The molecule has 5 rings (SSSR count). The normalized spacial score (nSPS) is 12.2. The monoisotopic (exact) mass is 459 g/mol. The summed E-state index contributed by atoms with van der Waals surface area (Å²) >= 11 is 0. The maximum absolute atomic E-state index is 12.8. The van der Waals surface area contributed by atoms with Crippen LogP contribution in [0.25, 0.3) is 16.6 Å². The summed E-state index contributed by atoms with van der Waals surface area (Å²) in [5.41, 5.74) is 3.05. The van der Waals surface area contributed by atoms with Gasteiger partial charge in [-0.1, -0.05) is 12.1 Å². The van der Waals surface area contributed by atoms with Crippen LogP contribution in [0.15, 0.2) is 59.7 Å². The Morgan fingerprint density at radius 1 is 1.06 bits per heavy atom. The molecule has 4 aromatic rings. The molecule has 1 aliphatic heterocycles. The predicted octanol–water partition coefficient (Wildman–Crippen LogP) is 2.96. The molecule has 0 radical (unpaired) electrons. The van der Waals surface area contributed by atoms with Gasteiger partial charge in [-0.05, 0) is 44.2 Å². The second-order valence-corrected chi connectivity index (χ2v) is 7.94. The Bertz CT molecular complexity index is 1500. The largest absolute Gasteiger partial charge is 0.456 e. The highest BCUT2D eigenvalue weighted by molar-refractivity contribution is 5.99. The van der Waals surface area contributed by atoms with Crippen molar-refractivity contribution in [3.63, 3.8) is 0 Å². The van der Waals surface area contributed by atoms with Gasteiger partial charge in [-0.15, -0.1) is 0 Å². The zero-order valence-electron chi connectivity index (χ0n) is 18.6. The van der Waals surface area contributed by atoms with E-state index in [0.29, 0.717) is 33.7 Å². The molecule has 0 aliphatic carbocycles. The highest BCUT2D eigenvalue weighted by atomic mass is 16.7. The van der Waals surface area contributed by atoms with E-state index in [-0.39, 0.29) is 24.7 Å². The van der Waals surface area contributed by atoms with Crippen LogP contribution in [-0.2, 0) is 16.1 Å². The van der Waals surface area contributed by atoms with Crippen molar-refractivity contribution in [3.05, 3.63) is 82.2 Å². The third-order valence-electron chi connectivity index (χ3n) is 5.74. The number of carbonyl (C=O) groups excluding carboxylic acids is 2. The van der Waals surface area contributed by atoms with Crippen LogP contribution in [0.5, 0.6) is 11.5 Å². The van der Waals surface area contributed by atoms with Gasteiger partial charge in [0.15, 0.2) is 18.1 Å². The average Bonchev–Trinajstić information content (AvgIpc) is 3.42. The predicted molar refractivity (Wildman–Crippen MR) is 123 cm³/mol. The molecule has 0 unspecified atom stereocenters. The van der Waals surface area contributed by atoms with Gasteiger partial charge in [0.05, 0.1) is 17.2 Å². The van der Waals surface area contributed by atoms with Crippen molar-refractivity contribution in [3.8, 4) is 17.2 Å². The number of ketones is 1. The van der Waals surface area contributed by atoms with Crippen molar-refractivity contribution >= 4 is 22.7 Å². The molecule has 0 spiro atoms. The number of aryl methyl sites for hydroxylation is 1. The first-order valence-corrected chi connectivity index (χ1v) is 10.6. The number of ether oxygens (including phenoxy) is 3. The van der Waals surface area contributed by atoms with E-state index in [9.17, 15) is 14.4 Å². The molecule has 1 aliphatic rings. The van der Waals surface area contributed by atoms with E-state index < -0.39 is 12.6 Å². The van der Waals surface area contributed by atoms with E-state index in [0.717, 1.165) is 11.4 Å². The number of hydrogen-bond donors (Lipinski definition) is 0. The van der Waals surface area contributed by atoms with Crippen LogP contribution >= 0.6 is 0 Å². The molecule has 0 saturated carbocycles. The fourth-order valence-electron chi connectivity index (χ4n) is 4.09. The summed E-state index contributed by atoms with van der Waals surface area (Å²) in [6, 6.07) is 14.2. The van der Waals surface area contributed by atoms with Crippen LogP contribution in [0.3, 0.4) is 0 Å². The first-order chi connectivity index (χ1) is 16.4. The van der Waals surface area contributed by atoms with Gasteiger partial charge in [0.2, 0.25) is 12.6 Å². The summed E-state index contributed by atoms with van der Waals surface area (Å²) < 4.78 is 19.1. The van der Waals surface area contributed by atoms with Crippen molar-refractivity contribution in [1.29, 1.82) is 0 Å². The number of fused-ring (bicyclic) bond motifs is 2. The van der Waals surface area contributed by atoms with Gasteiger partial charge in [0, 0.05) is 28.7 Å². The van der Waals surface area contributed by atoms with E-state index in [1.54, 1.807) is 30.3 Å². The first-order valence-electron chi connectivity index (χ1n) is 10.6. The van der Waals surface area contributed by atoms with Gasteiger partial charge >= 0.3 is 5.97 Å². The maximum Gasteiger partial charge on any atom is 0.326 e. The zero-order valence-corrected chi connectivity index (χ0v) is 18.6. The Morgan fingerprint density at radius 2 is 1.85 bits per heavy atom. The number of rotatable bonds is 6. The molecule has 0 bridgehead atoms. The summed E-state index contributed by atoms with van der Waals surface area (Å²) in [6.45, 7) is 3.13. The van der Waals surface area contributed by atoms with Crippen molar-refractivity contribution in [1.82, 2.24) is 14.1 Å². The molecule has 0 N–H and O–H groups in total.